The molecule has 0 atom stereocenters. The lowest BCUT2D eigenvalue weighted by atomic mass is 10.4. The molecular weight excluding hydrogens is 192 g/mol. The van der Waals surface area contributed by atoms with E-state index in [1.807, 2.05) is 0 Å². The van der Waals surface area contributed by atoms with Crippen LogP contribution in [0.1, 0.15) is 6.42 Å². The number of ether oxygens (including phenoxy) is 1. The predicted octanol–water partition coefficient (Wildman–Crippen LogP) is 0.645. The van der Waals surface area contributed by atoms with Crippen LogP contribution in [0, 0.1) is 0 Å². The highest BCUT2D eigenvalue weighted by Crippen LogP contribution is 2.10. The Labute approximate surface area is 78.7 Å². The molecule has 1 heterocycles. The number of nitrogens with zero attached hydrogens (tertiary/aromatic N) is 1. The van der Waals surface area contributed by atoms with Crippen molar-refractivity contribution in [3.63, 3.8) is 0 Å². The zero-order valence-corrected chi connectivity index (χ0v) is 7.76. The van der Waals surface area contributed by atoms with Crippen molar-refractivity contribution in [3.05, 3.63) is 11.6 Å². The van der Waals surface area contributed by atoms with Gasteiger partial charge >= 0.3 is 5.97 Å². The van der Waals surface area contributed by atoms with Gasteiger partial charge in [-0.1, -0.05) is 0 Å². The van der Waals surface area contributed by atoms with Crippen LogP contribution < -0.4 is 5.32 Å². The third-order valence-corrected chi connectivity index (χ3v) is 1.90. The molecule has 1 aromatic rings. The molecule has 5 nitrogen and oxygen atoms in total. The number of methoxy groups -OCH3 is 1. The fourth-order valence-corrected chi connectivity index (χ4v) is 1.20. The number of amides is 1. The quantitative estimate of drug-likeness (QED) is 0.574. The van der Waals surface area contributed by atoms with Gasteiger partial charge in [0, 0.05) is 11.6 Å². The van der Waals surface area contributed by atoms with Crippen molar-refractivity contribution < 1.29 is 14.3 Å². The maximum atomic E-state index is 11.0. The monoisotopic (exact) mass is 200 g/mol. The smallest absolute Gasteiger partial charge is 0.315 e. The number of nitrogens with one attached hydrogen (secondary N) is 1. The maximum absolute atomic E-state index is 11.0. The van der Waals surface area contributed by atoms with Crippen molar-refractivity contribution in [1.82, 2.24) is 4.98 Å². The minimum atomic E-state index is -0.561. The number of carbonyl (C=O) groups is 2. The van der Waals surface area contributed by atoms with Crippen LogP contribution in [0.15, 0.2) is 11.6 Å². The Bertz CT molecular complexity index is 297. The number of esters is 1. The van der Waals surface area contributed by atoms with Crippen LogP contribution in [-0.2, 0) is 14.3 Å². The van der Waals surface area contributed by atoms with E-state index in [2.05, 4.69) is 15.0 Å². The third kappa shape index (κ3) is 3.20. The molecule has 6 heteroatoms. The number of hydrogen-bond donors (Lipinski definition) is 1. The highest BCUT2D eigenvalue weighted by molar-refractivity contribution is 7.13. The fourth-order valence-electron chi connectivity index (χ4n) is 0.652. The van der Waals surface area contributed by atoms with E-state index in [-0.39, 0.29) is 6.42 Å². The predicted molar refractivity (Wildman–Crippen MR) is 47.4 cm³/mol. The third-order valence-electron chi connectivity index (χ3n) is 1.21. The summed E-state index contributed by atoms with van der Waals surface area (Å²) in [5.74, 6) is -0.976. The first-order chi connectivity index (χ1) is 6.22. The summed E-state index contributed by atoms with van der Waals surface area (Å²) < 4.78 is 4.32. The van der Waals surface area contributed by atoms with Crippen molar-refractivity contribution in [3.8, 4) is 0 Å². The number of rotatable bonds is 3. The summed E-state index contributed by atoms with van der Waals surface area (Å²) >= 11 is 1.29. The minimum absolute atomic E-state index is 0.282. The van der Waals surface area contributed by atoms with Crippen molar-refractivity contribution >= 4 is 28.3 Å². The van der Waals surface area contributed by atoms with Gasteiger partial charge < -0.3 is 10.1 Å². The number of anilines is 1. The molecule has 0 saturated heterocycles. The Morgan fingerprint density at radius 3 is 3.00 bits per heavy atom. The Morgan fingerprint density at radius 1 is 1.69 bits per heavy atom. The summed E-state index contributed by atoms with van der Waals surface area (Å²) in [5.41, 5.74) is 0. The number of aromatic nitrogens is 1. The molecule has 1 amide bonds. The van der Waals surface area contributed by atoms with E-state index >= 15 is 0 Å². The molecule has 0 fully saturated rings. The van der Waals surface area contributed by atoms with Gasteiger partial charge in [-0.2, -0.15) is 0 Å². The maximum Gasteiger partial charge on any atom is 0.315 e. The molecule has 70 valence electrons. The average Bonchev–Trinajstić information content (AvgIpc) is 2.56. The van der Waals surface area contributed by atoms with Gasteiger partial charge in [-0.15, -0.1) is 11.3 Å². The number of thiazole rings is 1. The summed E-state index contributed by atoms with van der Waals surface area (Å²) in [7, 11) is 1.24. The lowest BCUT2D eigenvalue weighted by Gasteiger charge is -1.99. The molecule has 0 bridgehead atoms. The Morgan fingerprint density at radius 2 is 2.46 bits per heavy atom. The summed E-state index contributed by atoms with van der Waals surface area (Å²) in [4.78, 5) is 25.5. The summed E-state index contributed by atoms with van der Waals surface area (Å²) in [5, 5.41) is 4.67. The SMILES string of the molecule is COC(=O)CC(=O)Nc1nccs1. The molecular formula is C7H8N2O3S. The van der Waals surface area contributed by atoms with Crippen LogP contribution in [-0.4, -0.2) is 24.0 Å². The van der Waals surface area contributed by atoms with E-state index in [1.165, 1.54) is 18.4 Å². The molecule has 0 unspecified atom stereocenters. The van der Waals surface area contributed by atoms with Crippen LogP contribution in [0.2, 0.25) is 0 Å². The highest BCUT2D eigenvalue weighted by Gasteiger charge is 2.09. The first kappa shape index (κ1) is 9.66. The second-order valence-corrected chi connectivity index (χ2v) is 3.03. The molecule has 0 aromatic carbocycles. The molecule has 1 N–H and O–H groups in total. The van der Waals surface area contributed by atoms with Gasteiger partial charge in [0.15, 0.2) is 5.13 Å². The van der Waals surface area contributed by atoms with Gasteiger partial charge in [-0.3, -0.25) is 9.59 Å². The molecule has 1 aromatic heterocycles. The van der Waals surface area contributed by atoms with Gasteiger partial charge in [0.05, 0.1) is 7.11 Å². The lowest BCUT2D eigenvalue weighted by Crippen LogP contribution is -2.16. The van der Waals surface area contributed by atoms with E-state index < -0.39 is 11.9 Å². The zero-order valence-electron chi connectivity index (χ0n) is 6.94. The lowest BCUT2D eigenvalue weighted by molar-refractivity contribution is -0.142. The van der Waals surface area contributed by atoms with Crippen LogP contribution in [0.3, 0.4) is 0 Å². The zero-order chi connectivity index (χ0) is 9.68. The van der Waals surface area contributed by atoms with Gasteiger partial charge in [-0.25, -0.2) is 4.98 Å². The summed E-state index contributed by atoms with van der Waals surface area (Å²) in [6.45, 7) is 0. The fraction of sp³-hybridized carbons (Fsp3) is 0.286. The number of hydrogen-bond acceptors (Lipinski definition) is 5. The molecule has 0 aliphatic heterocycles. The second-order valence-electron chi connectivity index (χ2n) is 2.14. The first-order valence-corrected chi connectivity index (χ1v) is 4.36. The standard InChI is InChI=1S/C7H8N2O3S/c1-12-6(11)4-5(10)9-7-8-2-3-13-7/h2-3H,4H2,1H3,(H,8,9,10). The summed E-state index contributed by atoms with van der Waals surface area (Å²) in [6, 6.07) is 0. The first-order valence-electron chi connectivity index (χ1n) is 3.48. The Kier molecular flexibility index (Phi) is 3.39. The normalized spacial score (nSPS) is 9.31. The van der Waals surface area contributed by atoms with E-state index in [1.54, 1.807) is 11.6 Å². The van der Waals surface area contributed by atoms with Gasteiger partial charge in [0.25, 0.3) is 0 Å². The molecule has 0 aliphatic carbocycles. The molecule has 0 spiro atoms. The van der Waals surface area contributed by atoms with Gasteiger partial charge in [0.1, 0.15) is 6.42 Å². The number of carbonyl (C=O) groups excluding carboxylic acids is 2. The summed E-state index contributed by atoms with van der Waals surface area (Å²) in [6.07, 6.45) is 1.29. The average molecular weight is 200 g/mol. The van der Waals surface area contributed by atoms with Crippen LogP contribution in [0.4, 0.5) is 5.13 Å². The van der Waals surface area contributed by atoms with E-state index in [4.69, 9.17) is 0 Å². The van der Waals surface area contributed by atoms with Crippen molar-refractivity contribution in [1.29, 1.82) is 0 Å². The van der Waals surface area contributed by atoms with Crippen molar-refractivity contribution in [2.45, 2.75) is 6.42 Å². The van der Waals surface area contributed by atoms with Crippen LogP contribution in [0.5, 0.6) is 0 Å². The molecule has 0 saturated carbocycles. The minimum Gasteiger partial charge on any atom is -0.469 e. The van der Waals surface area contributed by atoms with E-state index in [0.29, 0.717) is 5.13 Å². The van der Waals surface area contributed by atoms with Crippen LogP contribution >= 0.6 is 11.3 Å². The topological polar surface area (TPSA) is 68.3 Å². The van der Waals surface area contributed by atoms with Crippen LogP contribution in [0.25, 0.3) is 0 Å². The molecule has 0 aliphatic rings. The van der Waals surface area contributed by atoms with Crippen molar-refractivity contribution in [2.75, 3.05) is 12.4 Å². The second kappa shape index (κ2) is 4.56. The molecule has 13 heavy (non-hydrogen) atoms. The molecule has 0 radical (unpaired) electrons. The van der Waals surface area contributed by atoms with E-state index in [9.17, 15) is 9.59 Å². The van der Waals surface area contributed by atoms with E-state index in [0.717, 1.165) is 0 Å². The highest BCUT2D eigenvalue weighted by atomic mass is 32.1. The van der Waals surface area contributed by atoms with Crippen molar-refractivity contribution in [2.24, 2.45) is 0 Å². The Hall–Kier alpha value is -1.43. The largest absolute Gasteiger partial charge is 0.469 e. The van der Waals surface area contributed by atoms with Gasteiger partial charge in [0.2, 0.25) is 5.91 Å². The molecule has 1 rings (SSSR count). The van der Waals surface area contributed by atoms with Gasteiger partial charge in [-0.05, 0) is 0 Å². The Balaban J connectivity index is 2.38.